The van der Waals surface area contributed by atoms with Gasteiger partial charge < -0.3 is 0 Å². The molecular weight excluding hydrogens is 340 g/mol. The average Bonchev–Trinajstić information content (AvgIpc) is 3.19. The molecule has 4 rings (SSSR count). The van der Waals surface area contributed by atoms with Crippen molar-refractivity contribution in [3.8, 4) is 0 Å². The molecule has 4 nitrogen and oxygen atoms in total. The van der Waals surface area contributed by atoms with Crippen molar-refractivity contribution in [2.75, 3.05) is 11.5 Å². The normalized spacial score (nSPS) is 24.0. The van der Waals surface area contributed by atoms with Gasteiger partial charge in [0.05, 0.1) is 11.5 Å². The number of rotatable bonds is 3. The van der Waals surface area contributed by atoms with E-state index in [1.807, 2.05) is 60.7 Å². The van der Waals surface area contributed by atoms with Gasteiger partial charge in [-0.05, 0) is 11.1 Å². The lowest BCUT2D eigenvalue weighted by molar-refractivity contribution is -0.161. The third-order valence-electron chi connectivity index (χ3n) is 4.09. The van der Waals surface area contributed by atoms with Gasteiger partial charge in [-0.1, -0.05) is 60.7 Å². The summed E-state index contributed by atoms with van der Waals surface area (Å²) >= 11 is 3.14. The molecule has 0 bridgehead atoms. The third-order valence-corrected chi connectivity index (χ3v) is 6.49. The van der Waals surface area contributed by atoms with Crippen molar-refractivity contribution in [2.24, 2.45) is 0 Å². The minimum Gasteiger partial charge on any atom is -0.272 e. The van der Waals surface area contributed by atoms with Crippen LogP contribution in [-0.4, -0.2) is 33.3 Å². The molecular formula is C18H16N2O2S2. The van der Waals surface area contributed by atoms with Gasteiger partial charge in [0.25, 0.3) is 11.8 Å². The lowest BCUT2D eigenvalue weighted by Crippen LogP contribution is -2.47. The fraction of sp³-hybridized carbons (Fsp3) is 0.222. The standard InChI is InChI=1S/C18H16N2O2S2/c21-15-11-23-17(13-7-3-1-4-8-13)19(15)20-16(22)12-24-18(20)14-9-5-2-6-10-14/h1-10,17-18H,11-12H2/t17-,18-/m0/s1. The Morgan fingerprint density at radius 3 is 1.42 bits per heavy atom. The van der Waals surface area contributed by atoms with Gasteiger partial charge in [-0.15, -0.1) is 23.5 Å². The van der Waals surface area contributed by atoms with Crippen LogP contribution in [0.1, 0.15) is 21.9 Å². The minimum atomic E-state index is -0.146. The maximum absolute atomic E-state index is 12.6. The number of hydrogen-bond donors (Lipinski definition) is 0. The van der Waals surface area contributed by atoms with Crippen LogP contribution in [0.4, 0.5) is 0 Å². The summed E-state index contributed by atoms with van der Waals surface area (Å²) in [4.78, 5) is 25.1. The molecule has 6 heteroatoms. The second-order valence-electron chi connectivity index (χ2n) is 5.62. The molecule has 0 aromatic heterocycles. The van der Waals surface area contributed by atoms with E-state index < -0.39 is 0 Å². The van der Waals surface area contributed by atoms with Gasteiger partial charge in [-0.2, -0.15) is 0 Å². The van der Waals surface area contributed by atoms with Gasteiger partial charge in [0.15, 0.2) is 0 Å². The summed E-state index contributed by atoms with van der Waals surface area (Å²) in [6, 6.07) is 19.8. The SMILES string of the molecule is O=C1CS[C@@H](c2ccccc2)N1N1C(=O)CS[C@H]1c1ccccc1. The molecule has 0 radical (unpaired) electrons. The molecule has 2 atom stereocenters. The smallest absolute Gasteiger partial charge is 0.252 e. The van der Waals surface area contributed by atoms with Crippen LogP contribution in [0.5, 0.6) is 0 Å². The molecule has 0 spiro atoms. The second kappa shape index (κ2) is 6.53. The van der Waals surface area contributed by atoms with Gasteiger partial charge >= 0.3 is 0 Å². The summed E-state index contributed by atoms with van der Waals surface area (Å²) < 4.78 is 0. The number of benzene rings is 2. The van der Waals surface area contributed by atoms with Gasteiger partial charge in [-0.25, -0.2) is 10.0 Å². The van der Waals surface area contributed by atoms with Crippen LogP contribution in [0, 0.1) is 0 Å². The Labute approximate surface area is 149 Å². The molecule has 2 fully saturated rings. The highest BCUT2D eigenvalue weighted by Crippen LogP contribution is 2.47. The molecule has 0 N–H and O–H groups in total. The molecule has 2 amide bonds. The van der Waals surface area contributed by atoms with Gasteiger partial charge in [0, 0.05) is 0 Å². The van der Waals surface area contributed by atoms with Crippen molar-refractivity contribution in [3.63, 3.8) is 0 Å². The Kier molecular flexibility index (Phi) is 4.24. The van der Waals surface area contributed by atoms with E-state index >= 15 is 0 Å². The number of nitrogens with zero attached hydrogens (tertiary/aromatic N) is 2. The van der Waals surface area contributed by atoms with Crippen molar-refractivity contribution < 1.29 is 9.59 Å². The molecule has 2 aliphatic heterocycles. The Morgan fingerprint density at radius 2 is 1.04 bits per heavy atom. The molecule has 2 saturated heterocycles. The summed E-state index contributed by atoms with van der Waals surface area (Å²) in [7, 11) is 0. The lowest BCUT2D eigenvalue weighted by Gasteiger charge is -2.36. The first-order valence-electron chi connectivity index (χ1n) is 7.73. The van der Waals surface area contributed by atoms with Crippen molar-refractivity contribution in [1.29, 1.82) is 0 Å². The summed E-state index contributed by atoms with van der Waals surface area (Å²) in [6.45, 7) is 0. The van der Waals surface area contributed by atoms with Crippen LogP contribution in [0.25, 0.3) is 0 Å². The van der Waals surface area contributed by atoms with E-state index in [0.717, 1.165) is 11.1 Å². The number of thioether (sulfide) groups is 2. The minimum absolute atomic E-state index is 0.00867. The number of carbonyl (C=O) groups is 2. The number of hydrogen-bond acceptors (Lipinski definition) is 4. The van der Waals surface area contributed by atoms with Crippen molar-refractivity contribution in [3.05, 3.63) is 71.8 Å². The fourth-order valence-electron chi connectivity index (χ4n) is 3.01. The Morgan fingerprint density at radius 1 is 0.667 bits per heavy atom. The molecule has 0 unspecified atom stereocenters. The Bertz CT molecular complexity index is 689. The zero-order valence-electron chi connectivity index (χ0n) is 12.9. The van der Waals surface area contributed by atoms with Crippen LogP contribution in [0.3, 0.4) is 0 Å². The van der Waals surface area contributed by atoms with Crippen molar-refractivity contribution in [1.82, 2.24) is 10.0 Å². The first kappa shape index (κ1) is 15.6. The van der Waals surface area contributed by atoms with E-state index in [2.05, 4.69) is 0 Å². The van der Waals surface area contributed by atoms with E-state index in [4.69, 9.17) is 0 Å². The Balaban J connectivity index is 1.71. The molecule has 24 heavy (non-hydrogen) atoms. The van der Waals surface area contributed by atoms with Gasteiger partial charge in [-0.3, -0.25) is 9.59 Å². The van der Waals surface area contributed by atoms with E-state index in [0.29, 0.717) is 11.5 Å². The summed E-state index contributed by atoms with van der Waals surface area (Å²) in [5.41, 5.74) is 2.09. The van der Waals surface area contributed by atoms with E-state index in [1.165, 1.54) is 0 Å². The van der Waals surface area contributed by atoms with Crippen molar-refractivity contribution >= 4 is 35.3 Å². The topological polar surface area (TPSA) is 40.6 Å². The number of hydrazine groups is 1. The fourth-order valence-corrected chi connectivity index (χ4v) is 5.30. The van der Waals surface area contributed by atoms with Gasteiger partial charge in [0.1, 0.15) is 10.7 Å². The second-order valence-corrected chi connectivity index (χ2v) is 7.76. The first-order chi connectivity index (χ1) is 11.8. The van der Waals surface area contributed by atoms with E-state index in [-0.39, 0.29) is 22.6 Å². The van der Waals surface area contributed by atoms with E-state index in [9.17, 15) is 9.59 Å². The lowest BCUT2D eigenvalue weighted by atomic mass is 10.2. The monoisotopic (exact) mass is 356 g/mol. The summed E-state index contributed by atoms with van der Waals surface area (Å²) in [5, 5.41) is 3.04. The number of carbonyl (C=O) groups excluding carboxylic acids is 2. The zero-order chi connectivity index (χ0) is 16.5. The van der Waals surface area contributed by atoms with E-state index in [1.54, 1.807) is 33.5 Å². The predicted molar refractivity (Wildman–Crippen MR) is 97.0 cm³/mol. The van der Waals surface area contributed by atoms with Crippen LogP contribution in [-0.2, 0) is 9.59 Å². The molecule has 2 aromatic carbocycles. The van der Waals surface area contributed by atoms with Crippen LogP contribution >= 0.6 is 23.5 Å². The molecule has 0 saturated carbocycles. The first-order valence-corrected chi connectivity index (χ1v) is 9.82. The molecule has 122 valence electrons. The predicted octanol–water partition coefficient (Wildman–Crippen LogP) is 3.45. The highest BCUT2D eigenvalue weighted by atomic mass is 32.2. The highest BCUT2D eigenvalue weighted by Gasteiger charge is 2.45. The molecule has 2 aromatic rings. The third kappa shape index (κ3) is 2.70. The largest absolute Gasteiger partial charge is 0.272 e. The molecule has 2 heterocycles. The highest BCUT2D eigenvalue weighted by molar-refractivity contribution is 8.01. The van der Waals surface area contributed by atoms with Crippen LogP contribution < -0.4 is 0 Å². The average molecular weight is 356 g/mol. The zero-order valence-corrected chi connectivity index (χ0v) is 14.5. The van der Waals surface area contributed by atoms with Gasteiger partial charge in [0.2, 0.25) is 0 Å². The maximum atomic E-state index is 12.6. The molecule has 0 aliphatic carbocycles. The summed E-state index contributed by atoms with van der Waals surface area (Å²) in [6.07, 6.45) is 0. The maximum Gasteiger partial charge on any atom is 0.252 e. The van der Waals surface area contributed by atoms with Crippen LogP contribution in [0.2, 0.25) is 0 Å². The molecule has 2 aliphatic rings. The quantitative estimate of drug-likeness (QED) is 0.845. The van der Waals surface area contributed by atoms with Crippen LogP contribution in [0.15, 0.2) is 60.7 Å². The van der Waals surface area contributed by atoms with Crippen molar-refractivity contribution in [2.45, 2.75) is 10.7 Å². The summed E-state index contributed by atoms with van der Waals surface area (Å²) in [5.74, 6) is 0.779. The Hall–Kier alpha value is -1.92. The number of amides is 2.